The molecule has 1 amide bonds. The second-order valence-electron chi connectivity index (χ2n) is 3.83. The van der Waals surface area contributed by atoms with Crippen molar-refractivity contribution in [2.45, 2.75) is 6.54 Å². The first-order valence-electron chi connectivity index (χ1n) is 5.48. The van der Waals surface area contributed by atoms with Gasteiger partial charge in [-0.1, -0.05) is 24.4 Å². The van der Waals surface area contributed by atoms with Crippen LogP contribution in [0.1, 0.15) is 20.8 Å². The number of halogens is 1. The minimum Gasteiger partial charge on any atom is -0.389 e. The molecule has 0 atom stereocenters. The number of amides is 1. The Labute approximate surface area is 129 Å². The van der Waals surface area contributed by atoms with E-state index in [1.165, 1.54) is 0 Å². The van der Waals surface area contributed by atoms with Gasteiger partial charge in [0.2, 0.25) is 0 Å². The zero-order valence-corrected chi connectivity index (χ0v) is 13.1. The molecule has 3 nitrogen and oxygen atoms in total. The quantitative estimate of drug-likeness (QED) is 0.829. The van der Waals surface area contributed by atoms with Gasteiger partial charge >= 0.3 is 0 Å². The van der Waals surface area contributed by atoms with Gasteiger partial charge in [-0.15, -0.1) is 11.3 Å². The Morgan fingerprint density at radius 3 is 2.37 bits per heavy atom. The van der Waals surface area contributed by atoms with Crippen LogP contribution in [-0.2, 0) is 6.54 Å². The number of rotatable bonds is 4. The van der Waals surface area contributed by atoms with E-state index in [4.69, 9.17) is 18.0 Å². The third-order valence-electron chi connectivity index (χ3n) is 2.48. The highest BCUT2D eigenvalue weighted by atomic mass is 79.9. The van der Waals surface area contributed by atoms with Crippen LogP contribution in [0.25, 0.3) is 0 Å². The highest BCUT2D eigenvalue weighted by Gasteiger charge is 2.06. The lowest BCUT2D eigenvalue weighted by Crippen LogP contribution is -2.22. The number of thiophene rings is 1. The molecule has 0 radical (unpaired) electrons. The summed E-state index contributed by atoms with van der Waals surface area (Å²) in [5.41, 5.74) is 6.86. The summed E-state index contributed by atoms with van der Waals surface area (Å²) >= 11 is 9.85. The van der Waals surface area contributed by atoms with E-state index in [1.807, 2.05) is 12.1 Å². The molecule has 3 N–H and O–H groups in total. The van der Waals surface area contributed by atoms with Gasteiger partial charge < -0.3 is 11.1 Å². The van der Waals surface area contributed by atoms with Crippen LogP contribution in [-0.4, -0.2) is 10.9 Å². The van der Waals surface area contributed by atoms with Crippen LogP contribution in [0.5, 0.6) is 0 Å². The molecule has 1 heterocycles. The van der Waals surface area contributed by atoms with Gasteiger partial charge in [-0.05, 0) is 40.2 Å². The van der Waals surface area contributed by atoms with Gasteiger partial charge in [0.1, 0.15) is 4.99 Å². The number of hydrogen-bond donors (Lipinski definition) is 2. The van der Waals surface area contributed by atoms with Crippen LogP contribution in [0, 0.1) is 0 Å². The predicted molar refractivity (Wildman–Crippen MR) is 85.5 cm³/mol. The van der Waals surface area contributed by atoms with E-state index in [2.05, 4.69) is 21.2 Å². The smallest absolute Gasteiger partial charge is 0.251 e. The summed E-state index contributed by atoms with van der Waals surface area (Å²) < 4.78 is 1.05. The number of benzene rings is 1. The van der Waals surface area contributed by atoms with Crippen LogP contribution in [0.3, 0.4) is 0 Å². The summed E-state index contributed by atoms with van der Waals surface area (Å²) in [6.45, 7) is 0.520. The van der Waals surface area contributed by atoms with Crippen molar-refractivity contribution >= 4 is 50.4 Å². The van der Waals surface area contributed by atoms with E-state index in [1.54, 1.807) is 35.6 Å². The molecule has 0 fully saturated rings. The third kappa shape index (κ3) is 3.86. The number of hydrogen-bond acceptors (Lipinski definition) is 3. The molecule has 0 spiro atoms. The average molecular weight is 355 g/mol. The summed E-state index contributed by atoms with van der Waals surface area (Å²) in [5.74, 6) is -0.112. The van der Waals surface area contributed by atoms with Crippen molar-refractivity contribution in [2.24, 2.45) is 5.73 Å². The number of carbonyl (C=O) groups is 1. The molecule has 0 bridgehead atoms. The number of thiocarbonyl (C=S) groups is 1. The van der Waals surface area contributed by atoms with Crippen LogP contribution < -0.4 is 11.1 Å². The molecule has 0 saturated heterocycles. The number of nitrogens with one attached hydrogen (secondary N) is 1. The summed E-state index contributed by atoms with van der Waals surface area (Å²) in [6.07, 6.45) is 0. The second kappa shape index (κ2) is 6.27. The lowest BCUT2D eigenvalue weighted by atomic mass is 10.1. The van der Waals surface area contributed by atoms with Gasteiger partial charge in [0.05, 0.1) is 10.3 Å². The fourth-order valence-corrected chi connectivity index (χ4v) is 3.06. The SMILES string of the molecule is NC(=S)c1ccc(C(=O)NCc2ccc(Br)s2)cc1. The van der Waals surface area contributed by atoms with Crippen molar-refractivity contribution in [3.63, 3.8) is 0 Å². The first kappa shape index (κ1) is 14.2. The van der Waals surface area contributed by atoms with Crippen LogP contribution in [0.4, 0.5) is 0 Å². The molecule has 6 heteroatoms. The van der Waals surface area contributed by atoms with Crippen LogP contribution in [0.2, 0.25) is 0 Å². The molecular weight excluding hydrogens is 344 g/mol. The lowest BCUT2D eigenvalue weighted by molar-refractivity contribution is 0.0951. The van der Waals surface area contributed by atoms with E-state index in [9.17, 15) is 4.79 Å². The molecule has 2 aromatic rings. The normalized spacial score (nSPS) is 10.2. The predicted octanol–water partition coefficient (Wildman–Crippen LogP) is 3.07. The Balaban J connectivity index is 1.98. The molecule has 0 aliphatic rings. The minimum absolute atomic E-state index is 0.112. The lowest BCUT2D eigenvalue weighted by Gasteiger charge is -2.04. The fraction of sp³-hybridized carbons (Fsp3) is 0.0769. The highest BCUT2D eigenvalue weighted by molar-refractivity contribution is 9.11. The van der Waals surface area contributed by atoms with Crippen molar-refractivity contribution in [1.29, 1.82) is 0 Å². The van der Waals surface area contributed by atoms with E-state index in [0.717, 1.165) is 14.2 Å². The molecule has 2 rings (SSSR count). The van der Waals surface area contributed by atoms with Crippen molar-refractivity contribution in [3.8, 4) is 0 Å². The molecule has 0 saturated carbocycles. The maximum Gasteiger partial charge on any atom is 0.251 e. The molecule has 1 aromatic carbocycles. The topological polar surface area (TPSA) is 55.1 Å². The van der Waals surface area contributed by atoms with Crippen molar-refractivity contribution in [1.82, 2.24) is 5.32 Å². The van der Waals surface area contributed by atoms with Gasteiger partial charge in [0.15, 0.2) is 0 Å². The van der Waals surface area contributed by atoms with E-state index < -0.39 is 0 Å². The molecular formula is C13H11BrN2OS2. The summed E-state index contributed by atoms with van der Waals surface area (Å²) in [4.78, 5) is 13.3. The van der Waals surface area contributed by atoms with Crippen molar-refractivity contribution in [3.05, 3.63) is 56.2 Å². The Kier molecular flexibility index (Phi) is 4.68. The Morgan fingerprint density at radius 2 is 1.84 bits per heavy atom. The zero-order valence-electron chi connectivity index (χ0n) is 9.85. The van der Waals surface area contributed by atoms with E-state index in [-0.39, 0.29) is 5.91 Å². The summed E-state index contributed by atoms with van der Waals surface area (Å²) in [5, 5.41) is 2.86. The monoisotopic (exact) mass is 354 g/mol. The number of carbonyl (C=O) groups excluding carboxylic acids is 1. The van der Waals surface area contributed by atoms with Crippen LogP contribution >= 0.6 is 39.5 Å². The van der Waals surface area contributed by atoms with Gasteiger partial charge in [-0.2, -0.15) is 0 Å². The van der Waals surface area contributed by atoms with Gasteiger partial charge in [0, 0.05) is 16.0 Å². The van der Waals surface area contributed by atoms with Gasteiger partial charge in [0.25, 0.3) is 5.91 Å². The first-order valence-corrected chi connectivity index (χ1v) is 7.50. The Morgan fingerprint density at radius 1 is 1.21 bits per heavy atom. The van der Waals surface area contributed by atoms with Crippen molar-refractivity contribution in [2.75, 3.05) is 0 Å². The second-order valence-corrected chi connectivity index (χ2v) is 6.82. The largest absolute Gasteiger partial charge is 0.389 e. The highest BCUT2D eigenvalue weighted by Crippen LogP contribution is 2.21. The number of nitrogens with two attached hydrogens (primary N) is 1. The molecule has 19 heavy (non-hydrogen) atoms. The third-order valence-corrected chi connectivity index (χ3v) is 4.34. The Hall–Kier alpha value is -1.24. The van der Waals surface area contributed by atoms with Crippen molar-refractivity contribution < 1.29 is 4.79 Å². The van der Waals surface area contributed by atoms with Gasteiger partial charge in [-0.3, -0.25) is 4.79 Å². The first-order chi connectivity index (χ1) is 9.06. The average Bonchev–Trinajstić information content (AvgIpc) is 2.82. The Bertz CT molecular complexity index is 607. The minimum atomic E-state index is -0.112. The molecule has 1 aromatic heterocycles. The maximum absolute atomic E-state index is 11.9. The summed E-state index contributed by atoms with van der Waals surface area (Å²) in [7, 11) is 0. The fourth-order valence-electron chi connectivity index (χ4n) is 1.50. The molecule has 98 valence electrons. The molecule has 0 unspecified atom stereocenters. The maximum atomic E-state index is 11.9. The standard InChI is InChI=1S/C13H11BrN2OS2/c14-11-6-5-10(19-11)7-16-13(17)9-3-1-8(2-4-9)12(15)18/h1-6H,7H2,(H2,15,18)(H,16,17). The van der Waals surface area contributed by atoms with E-state index in [0.29, 0.717) is 17.1 Å². The van der Waals surface area contributed by atoms with Crippen LogP contribution in [0.15, 0.2) is 40.2 Å². The summed E-state index contributed by atoms with van der Waals surface area (Å²) in [6, 6.07) is 10.9. The van der Waals surface area contributed by atoms with Gasteiger partial charge in [-0.25, -0.2) is 0 Å². The van der Waals surface area contributed by atoms with E-state index >= 15 is 0 Å². The zero-order chi connectivity index (χ0) is 13.8. The molecule has 0 aliphatic heterocycles. The molecule has 0 aliphatic carbocycles.